The monoisotopic (exact) mass is 392 g/mol. The van der Waals surface area contributed by atoms with Crippen molar-refractivity contribution in [3.05, 3.63) is 70.5 Å². The van der Waals surface area contributed by atoms with Gasteiger partial charge < -0.3 is 14.5 Å². The Balaban J connectivity index is 1.51. The molecule has 0 unspecified atom stereocenters. The Labute approximate surface area is 169 Å². The van der Waals surface area contributed by atoms with Crippen molar-refractivity contribution in [3.8, 4) is 22.8 Å². The lowest BCUT2D eigenvalue weighted by molar-refractivity contribution is 0.315. The summed E-state index contributed by atoms with van der Waals surface area (Å²) < 4.78 is 10.8. The van der Waals surface area contributed by atoms with Crippen molar-refractivity contribution in [2.45, 2.75) is 18.9 Å². The van der Waals surface area contributed by atoms with E-state index in [4.69, 9.17) is 14.5 Å². The summed E-state index contributed by atoms with van der Waals surface area (Å²) in [5, 5.41) is 0. The molecule has 1 fully saturated rings. The number of ether oxygens (including phenoxy) is 2. The summed E-state index contributed by atoms with van der Waals surface area (Å²) in [4.78, 5) is 26.3. The predicted molar refractivity (Wildman–Crippen MR) is 110 cm³/mol. The molecule has 29 heavy (non-hydrogen) atoms. The third-order valence-electron chi connectivity index (χ3n) is 5.26. The van der Waals surface area contributed by atoms with E-state index in [0.717, 1.165) is 54.5 Å². The third kappa shape index (κ3) is 4.30. The minimum absolute atomic E-state index is 0.135. The average Bonchev–Trinajstić information content (AvgIpc) is 3.23. The zero-order valence-electron chi connectivity index (χ0n) is 16.6. The number of aromatic amines is 1. The van der Waals surface area contributed by atoms with Crippen molar-refractivity contribution in [2.75, 3.05) is 27.3 Å². The molecular formula is C22H24N4O3. The predicted octanol–water partition coefficient (Wildman–Crippen LogP) is 2.84. The van der Waals surface area contributed by atoms with E-state index in [1.165, 1.54) is 6.07 Å². The minimum atomic E-state index is -0.135. The number of nitrogens with one attached hydrogen (secondary N) is 1. The molecule has 150 valence electrons. The molecule has 3 heterocycles. The van der Waals surface area contributed by atoms with E-state index in [1.807, 2.05) is 30.3 Å². The zero-order chi connectivity index (χ0) is 20.2. The van der Waals surface area contributed by atoms with Crippen LogP contribution in [0.15, 0.2) is 53.6 Å². The first-order valence-corrected chi connectivity index (χ1v) is 9.61. The Morgan fingerprint density at radius 1 is 1.21 bits per heavy atom. The van der Waals surface area contributed by atoms with Crippen LogP contribution >= 0.6 is 0 Å². The third-order valence-corrected chi connectivity index (χ3v) is 5.26. The molecular weight excluding hydrogens is 368 g/mol. The average molecular weight is 392 g/mol. The number of nitrogens with zero attached hydrogens (tertiary/aromatic N) is 3. The molecule has 0 radical (unpaired) electrons. The Hall–Kier alpha value is -3.19. The fourth-order valence-corrected chi connectivity index (χ4v) is 3.75. The first-order valence-electron chi connectivity index (χ1n) is 9.61. The van der Waals surface area contributed by atoms with Gasteiger partial charge in [0.1, 0.15) is 17.3 Å². The Morgan fingerprint density at radius 2 is 2.10 bits per heavy atom. The standard InChI is InChI=1S/C22H24N4O3/c1-28-18-6-5-16(20(10-18)29-2)13-26-9-7-17(14-26)22-24-19(11-21(27)25-22)15-4-3-8-23-12-15/h3-6,8,10-12,17H,7,9,13-14H2,1-2H3,(H,24,25,27)/t17-/m1/s1. The number of methoxy groups -OCH3 is 2. The normalized spacial score (nSPS) is 16.7. The number of likely N-dealkylation sites (tertiary alicyclic amines) is 1. The van der Waals surface area contributed by atoms with Gasteiger partial charge in [-0.25, -0.2) is 4.98 Å². The van der Waals surface area contributed by atoms with E-state index >= 15 is 0 Å². The largest absolute Gasteiger partial charge is 0.497 e. The first kappa shape index (κ1) is 19.1. The molecule has 7 nitrogen and oxygen atoms in total. The van der Waals surface area contributed by atoms with Crippen LogP contribution in [0.1, 0.15) is 23.7 Å². The van der Waals surface area contributed by atoms with E-state index in [9.17, 15) is 4.79 Å². The summed E-state index contributed by atoms with van der Waals surface area (Å²) in [6.45, 7) is 2.53. The van der Waals surface area contributed by atoms with Gasteiger partial charge in [0.15, 0.2) is 0 Å². The van der Waals surface area contributed by atoms with Gasteiger partial charge in [-0.2, -0.15) is 0 Å². The fraction of sp³-hybridized carbons (Fsp3) is 0.318. The molecule has 0 aliphatic carbocycles. The lowest BCUT2D eigenvalue weighted by Crippen LogP contribution is -2.21. The van der Waals surface area contributed by atoms with Crippen molar-refractivity contribution in [1.29, 1.82) is 0 Å². The van der Waals surface area contributed by atoms with E-state index in [0.29, 0.717) is 5.69 Å². The van der Waals surface area contributed by atoms with Gasteiger partial charge in [0.25, 0.3) is 5.56 Å². The maximum Gasteiger partial charge on any atom is 0.251 e. The quantitative estimate of drug-likeness (QED) is 0.695. The van der Waals surface area contributed by atoms with Gasteiger partial charge in [-0.3, -0.25) is 14.7 Å². The highest BCUT2D eigenvalue weighted by atomic mass is 16.5. The number of rotatable bonds is 6. The first-order chi connectivity index (χ1) is 14.2. The van der Waals surface area contributed by atoms with Crippen LogP contribution in [0.2, 0.25) is 0 Å². The SMILES string of the molecule is COc1ccc(CN2CC[C@@H](c3nc(-c4cccnc4)cc(=O)[nH]3)C2)c(OC)c1. The lowest BCUT2D eigenvalue weighted by Gasteiger charge is -2.18. The number of aromatic nitrogens is 3. The molecule has 0 saturated carbocycles. The topological polar surface area (TPSA) is 80.3 Å². The minimum Gasteiger partial charge on any atom is -0.497 e. The van der Waals surface area contributed by atoms with Crippen molar-refractivity contribution in [3.63, 3.8) is 0 Å². The van der Waals surface area contributed by atoms with Crippen LogP contribution in [0.5, 0.6) is 11.5 Å². The fourth-order valence-electron chi connectivity index (χ4n) is 3.75. The van der Waals surface area contributed by atoms with Crippen molar-refractivity contribution < 1.29 is 9.47 Å². The Kier molecular flexibility index (Phi) is 5.57. The summed E-state index contributed by atoms with van der Waals surface area (Å²) in [7, 11) is 3.32. The number of pyridine rings is 1. The number of benzene rings is 1. The second-order valence-corrected chi connectivity index (χ2v) is 7.16. The van der Waals surface area contributed by atoms with Crippen molar-refractivity contribution >= 4 is 0 Å². The molecule has 4 rings (SSSR count). The van der Waals surface area contributed by atoms with Crippen molar-refractivity contribution in [1.82, 2.24) is 19.9 Å². The van der Waals surface area contributed by atoms with Crippen LogP contribution in [-0.4, -0.2) is 47.2 Å². The van der Waals surface area contributed by atoms with Crippen LogP contribution in [0.4, 0.5) is 0 Å². The van der Waals surface area contributed by atoms with Gasteiger partial charge in [0, 0.05) is 54.7 Å². The number of hydrogen-bond donors (Lipinski definition) is 1. The molecule has 1 saturated heterocycles. The maximum absolute atomic E-state index is 12.2. The van der Waals surface area contributed by atoms with Crippen LogP contribution in [-0.2, 0) is 6.54 Å². The molecule has 2 aromatic heterocycles. The maximum atomic E-state index is 12.2. The summed E-state index contributed by atoms with van der Waals surface area (Å²) in [6, 6.07) is 11.2. The Morgan fingerprint density at radius 3 is 2.86 bits per heavy atom. The molecule has 1 atom stereocenters. The van der Waals surface area contributed by atoms with Crippen LogP contribution in [0.3, 0.4) is 0 Å². The summed E-state index contributed by atoms with van der Waals surface area (Å²) in [5.74, 6) is 2.51. The zero-order valence-corrected chi connectivity index (χ0v) is 16.6. The second-order valence-electron chi connectivity index (χ2n) is 7.16. The van der Waals surface area contributed by atoms with Gasteiger partial charge in [-0.15, -0.1) is 0 Å². The van der Waals surface area contributed by atoms with E-state index < -0.39 is 0 Å². The Bertz CT molecular complexity index is 1040. The molecule has 1 aliphatic heterocycles. The second kappa shape index (κ2) is 8.45. The van der Waals surface area contributed by atoms with Gasteiger partial charge in [-0.05, 0) is 31.2 Å². The van der Waals surface area contributed by atoms with Gasteiger partial charge in [-0.1, -0.05) is 6.07 Å². The highest BCUT2D eigenvalue weighted by Gasteiger charge is 2.27. The highest BCUT2D eigenvalue weighted by molar-refractivity contribution is 5.57. The van der Waals surface area contributed by atoms with Crippen molar-refractivity contribution in [2.24, 2.45) is 0 Å². The van der Waals surface area contributed by atoms with Crippen LogP contribution < -0.4 is 15.0 Å². The lowest BCUT2D eigenvalue weighted by atomic mass is 10.1. The summed E-state index contributed by atoms with van der Waals surface area (Å²) >= 11 is 0. The highest BCUT2D eigenvalue weighted by Crippen LogP contribution is 2.30. The van der Waals surface area contributed by atoms with Gasteiger partial charge in [0.2, 0.25) is 0 Å². The molecule has 1 N–H and O–H groups in total. The molecule has 0 spiro atoms. The molecule has 1 aliphatic rings. The number of hydrogen-bond acceptors (Lipinski definition) is 6. The van der Waals surface area contributed by atoms with Gasteiger partial charge in [0.05, 0.1) is 19.9 Å². The van der Waals surface area contributed by atoms with Gasteiger partial charge >= 0.3 is 0 Å². The molecule has 0 amide bonds. The molecule has 0 bridgehead atoms. The summed E-state index contributed by atoms with van der Waals surface area (Å²) in [5.41, 5.74) is 2.48. The number of H-pyrrole nitrogens is 1. The van der Waals surface area contributed by atoms with E-state index in [1.54, 1.807) is 26.6 Å². The van der Waals surface area contributed by atoms with Crippen LogP contribution in [0, 0.1) is 0 Å². The molecule has 7 heteroatoms. The smallest absolute Gasteiger partial charge is 0.251 e. The summed E-state index contributed by atoms with van der Waals surface area (Å²) in [6.07, 6.45) is 4.38. The van der Waals surface area contributed by atoms with E-state index in [2.05, 4.69) is 14.9 Å². The van der Waals surface area contributed by atoms with E-state index in [-0.39, 0.29) is 11.5 Å². The molecule has 3 aromatic rings. The van der Waals surface area contributed by atoms with Crippen LogP contribution in [0.25, 0.3) is 11.3 Å². The molecule has 1 aromatic carbocycles.